The van der Waals surface area contributed by atoms with Gasteiger partial charge in [0.1, 0.15) is 17.8 Å². The number of likely N-dealkylation sites (N-methyl/N-ethyl adjacent to an activating group) is 1. The summed E-state index contributed by atoms with van der Waals surface area (Å²) >= 11 is 0. The van der Waals surface area contributed by atoms with Crippen LogP contribution in [-0.2, 0) is 27.2 Å². The maximum atomic E-state index is 13.5. The van der Waals surface area contributed by atoms with Gasteiger partial charge in [-0.05, 0) is 58.2 Å². The van der Waals surface area contributed by atoms with E-state index in [2.05, 4.69) is 33.4 Å². The highest BCUT2D eigenvalue weighted by molar-refractivity contribution is 5.87. The van der Waals surface area contributed by atoms with E-state index in [1.54, 1.807) is 6.92 Å². The van der Waals surface area contributed by atoms with Gasteiger partial charge < -0.3 is 34.7 Å². The molecule has 1 fully saturated rings. The lowest BCUT2D eigenvalue weighted by Crippen LogP contribution is -2.69. The van der Waals surface area contributed by atoms with Crippen LogP contribution in [0.3, 0.4) is 0 Å². The molecule has 2 amide bonds. The number of carbonyl (C=O) groups excluding carboxylic acids is 3. The number of hydrogen-bond acceptors (Lipinski definition) is 11. The van der Waals surface area contributed by atoms with E-state index in [-0.39, 0.29) is 43.0 Å². The molecule has 0 aromatic heterocycles. The number of hydrogen-bond donors (Lipinski definition) is 3. The zero-order valence-corrected chi connectivity index (χ0v) is 29.8. The summed E-state index contributed by atoms with van der Waals surface area (Å²) in [5, 5.41) is 28.4. The monoisotopic (exact) mass is 689 g/mol. The van der Waals surface area contributed by atoms with Crippen LogP contribution in [-0.4, -0.2) is 84.4 Å². The van der Waals surface area contributed by atoms with Crippen molar-refractivity contribution in [3.63, 3.8) is 0 Å². The second-order valence-corrected chi connectivity index (χ2v) is 13.8. The number of aromatic hydroxyl groups is 1. The quantitative estimate of drug-likeness (QED) is 0.190. The van der Waals surface area contributed by atoms with E-state index in [9.17, 15) is 24.8 Å². The summed E-state index contributed by atoms with van der Waals surface area (Å²) in [5.74, 6) is 0.712. The van der Waals surface area contributed by atoms with Gasteiger partial charge in [0.15, 0.2) is 23.0 Å². The van der Waals surface area contributed by atoms with E-state index < -0.39 is 30.1 Å². The number of nitrogens with zero attached hydrogens (tertiary/aromatic N) is 3. The number of methoxy groups -OCH3 is 1. The van der Waals surface area contributed by atoms with Gasteiger partial charge in [-0.2, -0.15) is 5.26 Å². The lowest BCUT2D eigenvalue weighted by atomic mass is 9.71. The van der Waals surface area contributed by atoms with Gasteiger partial charge in [0.2, 0.25) is 18.6 Å². The van der Waals surface area contributed by atoms with Crippen LogP contribution < -0.4 is 29.6 Å². The highest BCUT2D eigenvalue weighted by atomic mass is 16.7. The Kier molecular flexibility index (Phi) is 9.88. The molecule has 268 valence electrons. The number of nitriles is 1. The van der Waals surface area contributed by atoms with E-state index in [4.69, 9.17) is 18.9 Å². The molecular weight excluding hydrogens is 642 g/mol. The van der Waals surface area contributed by atoms with Gasteiger partial charge in [-0.3, -0.25) is 24.2 Å². The first-order valence-corrected chi connectivity index (χ1v) is 17.4. The first-order chi connectivity index (χ1) is 23.9. The molecule has 4 aliphatic rings. The van der Waals surface area contributed by atoms with Crippen LogP contribution in [0.4, 0.5) is 0 Å². The second-order valence-electron chi connectivity index (χ2n) is 13.8. The highest BCUT2D eigenvalue weighted by Gasteiger charge is 2.57. The molecule has 6 atom stereocenters. The Morgan fingerprint density at radius 2 is 1.86 bits per heavy atom. The smallest absolute Gasteiger partial charge is 0.308 e. The van der Waals surface area contributed by atoms with E-state index in [0.29, 0.717) is 59.0 Å². The minimum atomic E-state index is -0.791. The number of piperazine rings is 1. The van der Waals surface area contributed by atoms with Gasteiger partial charge in [0.25, 0.3) is 0 Å². The molecule has 50 heavy (non-hydrogen) atoms. The molecule has 13 heteroatoms. The van der Waals surface area contributed by atoms with Crippen LogP contribution in [0.2, 0.25) is 0 Å². The molecule has 2 aromatic rings. The molecule has 3 N–H and O–H groups in total. The number of amides is 2. The molecule has 0 radical (unpaired) electrons. The normalized spacial score (nSPS) is 23.8. The Morgan fingerprint density at radius 1 is 1.12 bits per heavy atom. The molecule has 2 bridgehead atoms. The molecule has 1 saturated heterocycles. The number of unbranched alkanes of at least 4 members (excludes halogenated alkanes) is 2. The zero-order chi connectivity index (χ0) is 36.0. The summed E-state index contributed by atoms with van der Waals surface area (Å²) in [7, 11) is 3.50. The fourth-order valence-corrected chi connectivity index (χ4v) is 8.58. The van der Waals surface area contributed by atoms with Crippen molar-refractivity contribution in [2.45, 2.75) is 109 Å². The third-order valence-electron chi connectivity index (χ3n) is 10.8. The summed E-state index contributed by atoms with van der Waals surface area (Å²) in [6.45, 7) is 8.79. The van der Waals surface area contributed by atoms with Crippen molar-refractivity contribution >= 4 is 17.8 Å². The van der Waals surface area contributed by atoms with Crippen molar-refractivity contribution in [3.8, 4) is 34.8 Å². The first kappa shape index (κ1) is 35.3. The van der Waals surface area contributed by atoms with Crippen molar-refractivity contribution in [2.24, 2.45) is 0 Å². The Balaban J connectivity index is 1.47. The van der Waals surface area contributed by atoms with E-state index >= 15 is 0 Å². The third-order valence-corrected chi connectivity index (χ3v) is 10.8. The maximum Gasteiger partial charge on any atom is 0.308 e. The molecule has 0 aliphatic carbocycles. The Bertz CT molecular complexity index is 1750. The third kappa shape index (κ3) is 5.88. The molecule has 0 spiro atoms. The van der Waals surface area contributed by atoms with Gasteiger partial charge in [-0.15, -0.1) is 0 Å². The number of fused-ring (bicyclic) bond motifs is 9. The van der Waals surface area contributed by atoms with Crippen molar-refractivity contribution in [1.29, 1.82) is 5.26 Å². The summed E-state index contributed by atoms with van der Waals surface area (Å²) in [6, 6.07) is 1.55. The molecule has 0 saturated carbocycles. The predicted octanol–water partition coefficient (Wildman–Crippen LogP) is 3.64. The number of benzene rings is 2. The summed E-state index contributed by atoms with van der Waals surface area (Å²) in [4.78, 5) is 42.9. The van der Waals surface area contributed by atoms with Crippen molar-refractivity contribution in [2.75, 3.05) is 27.5 Å². The standard InChI is InChI=1S/C37H47N5O8/c1-8-9-10-11-28(44)40-20(4)37(46)39-16-27-30-23(34(50-21(5)43)19(3)35-36(30)49-17-48-35)14-25-31-29-22(12-18(2)33(47-7)32(29)45)13-24(41(31)6)26(15-38)42(25)27/h12,20,24-27,31,45H,8-11,13-14,16-17H2,1-7H3,(H,39,46)(H,40,44)/t20-,24?,25?,26-,27-,31-/m0/s1. The number of carbonyl (C=O) groups is 3. The zero-order valence-electron chi connectivity index (χ0n) is 29.8. The average Bonchev–Trinajstić information content (AvgIpc) is 3.56. The fourth-order valence-electron chi connectivity index (χ4n) is 8.58. The predicted molar refractivity (Wildman–Crippen MR) is 182 cm³/mol. The highest BCUT2D eigenvalue weighted by Crippen LogP contribution is 2.58. The molecular formula is C37H47N5O8. The second kappa shape index (κ2) is 14.0. The first-order valence-electron chi connectivity index (χ1n) is 17.4. The number of nitrogens with one attached hydrogen (secondary N) is 2. The lowest BCUT2D eigenvalue weighted by molar-refractivity contribution is -0.132. The van der Waals surface area contributed by atoms with E-state index in [1.165, 1.54) is 14.0 Å². The van der Waals surface area contributed by atoms with Gasteiger partial charge in [0, 0.05) is 54.2 Å². The number of ether oxygens (including phenoxy) is 4. The summed E-state index contributed by atoms with van der Waals surface area (Å²) < 4.78 is 23.5. The number of phenolic OH excluding ortho intramolecular Hbond substituents is 1. The van der Waals surface area contributed by atoms with Crippen LogP contribution in [0.15, 0.2) is 6.07 Å². The van der Waals surface area contributed by atoms with Crippen LogP contribution in [0, 0.1) is 25.2 Å². The van der Waals surface area contributed by atoms with Crippen molar-refractivity contribution in [3.05, 3.63) is 39.4 Å². The molecule has 6 rings (SSSR count). The van der Waals surface area contributed by atoms with Crippen LogP contribution in [0.1, 0.15) is 91.9 Å². The molecule has 4 aliphatic heterocycles. The van der Waals surface area contributed by atoms with Crippen molar-refractivity contribution < 1.29 is 38.4 Å². The van der Waals surface area contributed by atoms with Crippen LogP contribution in [0.25, 0.3) is 0 Å². The largest absolute Gasteiger partial charge is 0.504 e. The van der Waals surface area contributed by atoms with E-state index in [1.807, 2.05) is 27.0 Å². The van der Waals surface area contributed by atoms with Crippen LogP contribution in [0.5, 0.6) is 28.7 Å². The van der Waals surface area contributed by atoms with E-state index in [0.717, 1.165) is 36.0 Å². The van der Waals surface area contributed by atoms with Gasteiger partial charge in [0.05, 0.1) is 25.3 Å². The molecule has 4 heterocycles. The summed E-state index contributed by atoms with van der Waals surface area (Å²) in [6.07, 6.45) is 3.87. The van der Waals surface area contributed by atoms with Gasteiger partial charge >= 0.3 is 5.97 Å². The molecule has 13 nitrogen and oxygen atoms in total. The number of rotatable bonds is 10. The SMILES string of the molecule is CCCCCC(=O)N[C@@H](C)C(=O)NC[C@H]1c2c(c(OC(C)=O)c(C)c3c2OCO3)CC2[C@H]3c4c(cc(C)c(OC)c4O)CC([C@H](C#N)N21)N3C. The Hall–Kier alpha value is -4.54. The fraction of sp³-hybridized carbons (Fsp3) is 0.568. The summed E-state index contributed by atoms with van der Waals surface area (Å²) in [5.41, 5.74) is 4.50. The number of phenols is 1. The Morgan fingerprint density at radius 3 is 2.54 bits per heavy atom. The van der Waals surface area contributed by atoms with Gasteiger partial charge in [-0.25, -0.2) is 0 Å². The minimum Gasteiger partial charge on any atom is -0.504 e. The van der Waals surface area contributed by atoms with Crippen LogP contribution >= 0.6 is 0 Å². The topological polar surface area (TPSA) is 163 Å². The lowest BCUT2D eigenvalue weighted by Gasteiger charge is -2.60. The van der Waals surface area contributed by atoms with Gasteiger partial charge in [-0.1, -0.05) is 25.8 Å². The molecule has 2 aromatic carbocycles. The van der Waals surface area contributed by atoms with Crippen molar-refractivity contribution in [1.82, 2.24) is 20.4 Å². The number of esters is 1. The molecule has 2 unspecified atom stereocenters. The maximum absolute atomic E-state index is 13.5. The number of aryl methyl sites for hydroxylation is 1. The minimum absolute atomic E-state index is 0.0359. The Labute approximate surface area is 292 Å². The average molecular weight is 690 g/mol.